The highest BCUT2D eigenvalue weighted by atomic mass is 35.5. The Kier molecular flexibility index (Phi) is 9.15. The summed E-state index contributed by atoms with van der Waals surface area (Å²) in [6, 6.07) is 10.4. The molecule has 0 bridgehead atoms. The second-order valence-corrected chi connectivity index (χ2v) is 8.86. The molecule has 2 aromatic rings. The third-order valence-corrected chi connectivity index (χ3v) is 6.26. The Bertz CT molecular complexity index is 933. The van der Waals surface area contributed by atoms with Crippen molar-refractivity contribution in [3.05, 3.63) is 58.7 Å². The van der Waals surface area contributed by atoms with Crippen molar-refractivity contribution in [1.82, 2.24) is 0 Å². The Balaban J connectivity index is 2.03. The van der Waals surface area contributed by atoms with E-state index >= 15 is 0 Å². The van der Waals surface area contributed by atoms with Crippen LogP contribution in [0.25, 0.3) is 0 Å². The molecule has 1 aliphatic rings. The van der Waals surface area contributed by atoms with Crippen LogP contribution in [0.1, 0.15) is 76.3 Å². The SMILES string of the molecule is O=C(CCCCl)c1ccc2c(c1)C(C(=O)CCCCl)c1cc(C(=O)CCCCl)ccc1O2. The van der Waals surface area contributed by atoms with E-state index in [1.807, 2.05) is 0 Å². The van der Waals surface area contributed by atoms with Gasteiger partial charge < -0.3 is 4.74 Å². The first-order valence-electron chi connectivity index (χ1n) is 10.7. The molecular weight excluding hydrogens is 471 g/mol. The summed E-state index contributed by atoms with van der Waals surface area (Å²) in [6.07, 6.45) is 2.69. The molecule has 0 amide bonds. The number of hydrogen-bond donors (Lipinski definition) is 0. The predicted octanol–water partition coefficient (Wildman–Crippen LogP) is 6.92. The van der Waals surface area contributed by atoms with Crippen LogP contribution in [-0.4, -0.2) is 35.0 Å². The molecule has 0 spiro atoms. The zero-order valence-electron chi connectivity index (χ0n) is 17.7. The number of Topliss-reactive ketones (excluding diaryl/α,β-unsaturated/α-hetero) is 3. The number of benzene rings is 2. The highest BCUT2D eigenvalue weighted by Gasteiger charge is 2.33. The van der Waals surface area contributed by atoms with Gasteiger partial charge in [0.15, 0.2) is 11.6 Å². The Morgan fingerprint density at radius 2 is 1.12 bits per heavy atom. The molecular formula is C25H25Cl3O4. The Hall–Kier alpha value is -1.88. The number of ketones is 3. The van der Waals surface area contributed by atoms with Crippen LogP contribution in [-0.2, 0) is 4.79 Å². The maximum atomic E-state index is 13.3. The molecule has 0 N–H and O–H groups in total. The van der Waals surface area contributed by atoms with E-state index in [4.69, 9.17) is 39.5 Å². The molecule has 2 aromatic carbocycles. The third kappa shape index (κ3) is 5.72. The largest absolute Gasteiger partial charge is 0.457 e. The van der Waals surface area contributed by atoms with Crippen LogP contribution in [0.2, 0.25) is 0 Å². The molecule has 0 aliphatic carbocycles. The minimum Gasteiger partial charge on any atom is -0.457 e. The lowest BCUT2D eigenvalue weighted by Gasteiger charge is -2.28. The van der Waals surface area contributed by atoms with Gasteiger partial charge in [0.1, 0.15) is 17.3 Å². The van der Waals surface area contributed by atoms with Crippen molar-refractivity contribution < 1.29 is 19.1 Å². The number of fused-ring (bicyclic) bond motifs is 2. The molecule has 170 valence electrons. The van der Waals surface area contributed by atoms with Crippen LogP contribution in [0.4, 0.5) is 0 Å². The molecule has 3 rings (SSSR count). The molecule has 1 heterocycles. The topological polar surface area (TPSA) is 60.4 Å². The fourth-order valence-corrected chi connectivity index (χ4v) is 4.24. The second-order valence-electron chi connectivity index (χ2n) is 7.73. The summed E-state index contributed by atoms with van der Waals surface area (Å²) >= 11 is 17.3. The first-order chi connectivity index (χ1) is 15.5. The van der Waals surface area contributed by atoms with Crippen LogP contribution in [0, 0.1) is 0 Å². The molecule has 0 fully saturated rings. The van der Waals surface area contributed by atoms with Gasteiger partial charge in [0.25, 0.3) is 0 Å². The van der Waals surface area contributed by atoms with E-state index in [0.717, 1.165) is 0 Å². The lowest BCUT2D eigenvalue weighted by Crippen LogP contribution is -2.20. The van der Waals surface area contributed by atoms with Crippen molar-refractivity contribution in [2.45, 2.75) is 44.4 Å². The van der Waals surface area contributed by atoms with Crippen molar-refractivity contribution in [2.75, 3.05) is 17.6 Å². The van der Waals surface area contributed by atoms with Crippen molar-refractivity contribution in [3.63, 3.8) is 0 Å². The maximum Gasteiger partial charge on any atom is 0.162 e. The summed E-state index contributed by atoms with van der Waals surface area (Å²) in [7, 11) is 0. The molecule has 0 saturated carbocycles. The molecule has 1 aliphatic heterocycles. The quantitative estimate of drug-likeness (QED) is 0.237. The molecule has 0 unspecified atom stereocenters. The molecule has 32 heavy (non-hydrogen) atoms. The van der Waals surface area contributed by atoms with Crippen LogP contribution in [0.5, 0.6) is 11.5 Å². The number of ether oxygens (including phenoxy) is 1. The van der Waals surface area contributed by atoms with Crippen molar-refractivity contribution in [3.8, 4) is 11.5 Å². The Morgan fingerprint density at radius 3 is 1.56 bits per heavy atom. The van der Waals surface area contributed by atoms with Gasteiger partial charge in [0.2, 0.25) is 0 Å². The fraction of sp³-hybridized carbons (Fsp3) is 0.400. The van der Waals surface area contributed by atoms with Gasteiger partial charge in [-0.25, -0.2) is 0 Å². The number of carbonyl (C=O) groups is 3. The lowest BCUT2D eigenvalue weighted by atomic mass is 9.81. The van der Waals surface area contributed by atoms with Gasteiger partial charge in [-0.2, -0.15) is 0 Å². The average Bonchev–Trinajstić information content (AvgIpc) is 2.81. The summed E-state index contributed by atoms with van der Waals surface area (Å²) in [5.41, 5.74) is 2.31. The summed E-state index contributed by atoms with van der Waals surface area (Å²) in [4.78, 5) is 38.4. The first-order valence-corrected chi connectivity index (χ1v) is 12.3. The standard InChI is InChI=1S/C25H25Cl3O4/c26-11-1-4-20(29)16-7-9-23-18(14-16)25(22(31)6-3-13-28)19-15-17(8-10-24(19)32-23)21(30)5-2-12-27/h7-10,14-15,25H,1-6,11-13H2. The molecule has 0 radical (unpaired) electrons. The van der Waals surface area contributed by atoms with Crippen LogP contribution in [0.15, 0.2) is 36.4 Å². The second kappa shape index (κ2) is 11.8. The van der Waals surface area contributed by atoms with E-state index in [0.29, 0.717) is 89.9 Å². The third-order valence-electron chi connectivity index (χ3n) is 5.46. The number of rotatable bonds is 12. The number of hydrogen-bond acceptors (Lipinski definition) is 4. The molecule has 4 nitrogen and oxygen atoms in total. The predicted molar refractivity (Wildman–Crippen MR) is 128 cm³/mol. The lowest BCUT2D eigenvalue weighted by molar-refractivity contribution is -0.119. The maximum absolute atomic E-state index is 13.3. The van der Waals surface area contributed by atoms with Crippen molar-refractivity contribution in [2.24, 2.45) is 0 Å². The Morgan fingerprint density at radius 1 is 0.688 bits per heavy atom. The minimum absolute atomic E-state index is 0.0211. The van der Waals surface area contributed by atoms with Crippen LogP contribution >= 0.6 is 34.8 Å². The monoisotopic (exact) mass is 494 g/mol. The Labute approximate surface area is 203 Å². The van der Waals surface area contributed by atoms with Gasteiger partial charge in [0.05, 0.1) is 5.92 Å². The van der Waals surface area contributed by atoms with Gasteiger partial charge in [-0.1, -0.05) is 0 Å². The molecule has 0 aromatic heterocycles. The van der Waals surface area contributed by atoms with E-state index in [1.165, 1.54) is 0 Å². The van der Waals surface area contributed by atoms with Crippen LogP contribution in [0.3, 0.4) is 0 Å². The summed E-state index contributed by atoms with van der Waals surface area (Å²) in [5.74, 6) is 1.56. The van der Waals surface area contributed by atoms with E-state index in [2.05, 4.69) is 0 Å². The van der Waals surface area contributed by atoms with Crippen molar-refractivity contribution >= 4 is 52.2 Å². The van der Waals surface area contributed by atoms with Crippen molar-refractivity contribution in [1.29, 1.82) is 0 Å². The van der Waals surface area contributed by atoms with Gasteiger partial charge in [-0.15, -0.1) is 34.8 Å². The van der Waals surface area contributed by atoms with E-state index in [1.54, 1.807) is 36.4 Å². The highest BCUT2D eigenvalue weighted by molar-refractivity contribution is 6.18. The highest BCUT2D eigenvalue weighted by Crippen LogP contribution is 2.46. The van der Waals surface area contributed by atoms with Gasteiger partial charge in [0, 0.05) is 59.2 Å². The molecule has 0 saturated heterocycles. The summed E-state index contributed by atoms with van der Waals surface area (Å²) in [5, 5.41) is 0. The van der Waals surface area contributed by atoms with Gasteiger partial charge >= 0.3 is 0 Å². The van der Waals surface area contributed by atoms with Gasteiger partial charge in [-0.05, 0) is 55.7 Å². The average molecular weight is 496 g/mol. The summed E-state index contributed by atoms with van der Waals surface area (Å²) < 4.78 is 6.05. The molecule has 7 heteroatoms. The van der Waals surface area contributed by atoms with E-state index in [9.17, 15) is 14.4 Å². The normalized spacial score (nSPS) is 12.6. The number of halogens is 3. The fourth-order valence-electron chi connectivity index (χ4n) is 3.84. The first kappa shape index (κ1) is 24.8. The zero-order valence-corrected chi connectivity index (χ0v) is 19.9. The minimum atomic E-state index is -0.626. The van der Waals surface area contributed by atoms with E-state index < -0.39 is 5.92 Å². The summed E-state index contributed by atoms with van der Waals surface area (Å²) in [6.45, 7) is 0. The van der Waals surface area contributed by atoms with E-state index in [-0.39, 0.29) is 17.3 Å². The number of carbonyl (C=O) groups excluding carboxylic acids is 3. The van der Waals surface area contributed by atoms with Crippen LogP contribution < -0.4 is 4.74 Å². The number of alkyl halides is 3. The van der Waals surface area contributed by atoms with Gasteiger partial charge in [-0.3, -0.25) is 14.4 Å². The molecule has 0 atom stereocenters. The zero-order chi connectivity index (χ0) is 23.1. The smallest absolute Gasteiger partial charge is 0.162 e.